The predicted octanol–water partition coefficient (Wildman–Crippen LogP) is 3.68. The van der Waals surface area contributed by atoms with E-state index in [9.17, 15) is 10.1 Å². The second-order valence-corrected chi connectivity index (χ2v) is 5.86. The molecule has 1 atom stereocenters. The molecule has 0 aliphatic heterocycles. The topological polar surface area (TPSA) is 64.4 Å². The molecule has 1 rings (SSSR count). The standard InChI is InChI=1S/C14H21BrN2O3/c1-4-5-16-8-10(2)9-20-14-11(3)6-12(15)7-13(14)17(18)19/h6-7,10,16H,4-5,8-9H2,1-3H3. The van der Waals surface area contributed by atoms with Crippen molar-refractivity contribution in [1.82, 2.24) is 5.32 Å². The van der Waals surface area contributed by atoms with Crippen LogP contribution in [0.25, 0.3) is 0 Å². The first kappa shape index (κ1) is 16.9. The first-order chi connectivity index (χ1) is 9.45. The number of nitro benzene ring substituents is 1. The van der Waals surface area contributed by atoms with Gasteiger partial charge in [-0.05, 0) is 31.5 Å². The lowest BCUT2D eigenvalue weighted by Gasteiger charge is -2.15. The molecule has 1 unspecified atom stereocenters. The highest BCUT2D eigenvalue weighted by Gasteiger charge is 2.19. The van der Waals surface area contributed by atoms with E-state index < -0.39 is 4.92 Å². The normalized spacial score (nSPS) is 12.2. The Morgan fingerprint density at radius 3 is 2.80 bits per heavy atom. The number of rotatable bonds is 8. The molecule has 1 aromatic rings. The van der Waals surface area contributed by atoms with Gasteiger partial charge in [-0.3, -0.25) is 10.1 Å². The molecule has 6 heteroatoms. The van der Waals surface area contributed by atoms with Crippen molar-refractivity contribution in [2.45, 2.75) is 27.2 Å². The Morgan fingerprint density at radius 1 is 1.50 bits per heavy atom. The van der Waals surface area contributed by atoms with Gasteiger partial charge >= 0.3 is 5.69 Å². The van der Waals surface area contributed by atoms with Crippen molar-refractivity contribution in [2.75, 3.05) is 19.7 Å². The monoisotopic (exact) mass is 344 g/mol. The summed E-state index contributed by atoms with van der Waals surface area (Å²) in [5.74, 6) is 0.657. The third-order valence-corrected chi connectivity index (χ3v) is 3.31. The summed E-state index contributed by atoms with van der Waals surface area (Å²) in [6, 6.07) is 3.30. The van der Waals surface area contributed by atoms with Crippen LogP contribution in [0.5, 0.6) is 5.75 Å². The largest absolute Gasteiger partial charge is 0.486 e. The summed E-state index contributed by atoms with van der Waals surface area (Å²) in [6.45, 7) is 8.26. The summed E-state index contributed by atoms with van der Waals surface area (Å²) < 4.78 is 6.36. The zero-order valence-electron chi connectivity index (χ0n) is 12.1. The first-order valence-electron chi connectivity index (χ1n) is 6.73. The van der Waals surface area contributed by atoms with Crippen LogP contribution in [0.15, 0.2) is 16.6 Å². The summed E-state index contributed by atoms with van der Waals surface area (Å²) in [4.78, 5) is 10.7. The Kier molecular flexibility index (Phi) is 6.95. The van der Waals surface area contributed by atoms with E-state index in [0.717, 1.165) is 25.1 Å². The molecule has 0 bridgehead atoms. The quantitative estimate of drug-likeness (QED) is 0.443. The van der Waals surface area contributed by atoms with Crippen LogP contribution in [0.3, 0.4) is 0 Å². The van der Waals surface area contributed by atoms with Crippen LogP contribution < -0.4 is 10.1 Å². The number of hydrogen-bond acceptors (Lipinski definition) is 4. The van der Waals surface area contributed by atoms with Gasteiger partial charge < -0.3 is 10.1 Å². The molecule has 112 valence electrons. The van der Waals surface area contributed by atoms with Crippen LogP contribution in [-0.2, 0) is 0 Å². The van der Waals surface area contributed by atoms with Crippen molar-refractivity contribution in [3.63, 3.8) is 0 Å². The van der Waals surface area contributed by atoms with Crippen molar-refractivity contribution in [2.24, 2.45) is 5.92 Å². The smallest absolute Gasteiger partial charge is 0.312 e. The van der Waals surface area contributed by atoms with Gasteiger partial charge in [0.25, 0.3) is 0 Å². The van der Waals surface area contributed by atoms with Gasteiger partial charge in [0.05, 0.1) is 11.5 Å². The van der Waals surface area contributed by atoms with E-state index in [0.29, 0.717) is 22.7 Å². The first-order valence-corrected chi connectivity index (χ1v) is 7.53. The van der Waals surface area contributed by atoms with E-state index in [4.69, 9.17) is 4.74 Å². The van der Waals surface area contributed by atoms with Crippen LogP contribution in [0.1, 0.15) is 25.8 Å². The third-order valence-electron chi connectivity index (χ3n) is 2.85. The van der Waals surface area contributed by atoms with E-state index in [-0.39, 0.29) is 5.69 Å². The molecule has 0 aliphatic carbocycles. The molecule has 0 aliphatic rings. The average Bonchev–Trinajstić information content (AvgIpc) is 2.37. The van der Waals surface area contributed by atoms with Gasteiger partial charge in [0.2, 0.25) is 0 Å². The summed E-state index contributed by atoms with van der Waals surface area (Å²) >= 11 is 3.27. The summed E-state index contributed by atoms with van der Waals surface area (Å²) in [6.07, 6.45) is 1.09. The fourth-order valence-corrected chi connectivity index (χ4v) is 2.41. The fourth-order valence-electron chi connectivity index (χ4n) is 1.85. The summed E-state index contributed by atoms with van der Waals surface area (Å²) in [5.41, 5.74) is 0.769. The highest BCUT2D eigenvalue weighted by Crippen LogP contribution is 2.34. The number of nitrogens with one attached hydrogen (secondary N) is 1. The van der Waals surface area contributed by atoms with Crippen LogP contribution >= 0.6 is 15.9 Å². The van der Waals surface area contributed by atoms with Gasteiger partial charge in [0.1, 0.15) is 0 Å². The molecule has 0 fully saturated rings. The molecule has 0 heterocycles. The van der Waals surface area contributed by atoms with E-state index in [2.05, 4.69) is 35.1 Å². The lowest BCUT2D eigenvalue weighted by atomic mass is 10.1. The molecule has 5 nitrogen and oxygen atoms in total. The maximum Gasteiger partial charge on any atom is 0.312 e. The van der Waals surface area contributed by atoms with Crippen LogP contribution in [0, 0.1) is 23.0 Å². The van der Waals surface area contributed by atoms with Gasteiger partial charge in [0, 0.05) is 23.0 Å². The Morgan fingerprint density at radius 2 is 2.20 bits per heavy atom. The highest BCUT2D eigenvalue weighted by atomic mass is 79.9. The van der Waals surface area contributed by atoms with Gasteiger partial charge in [-0.25, -0.2) is 0 Å². The zero-order valence-corrected chi connectivity index (χ0v) is 13.7. The number of ether oxygens (including phenoxy) is 1. The van der Waals surface area contributed by atoms with Crippen molar-refractivity contribution in [3.05, 3.63) is 32.3 Å². The lowest BCUT2D eigenvalue weighted by molar-refractivity contribution is -0.386. The minimum Gasteiger partial charge on any atom is -0.486 e. The Hall–Kier alpha value is -1.14. The fraction of sp³-hybridized carbons (Fsp3) is 0.571. The molecule has 1 N–H and O–H groups in total. The number of halogens is 1. The summed E-state index contributed by atoms with van der Waals surface area (Å²) in [5, 5.41) is 14.4. The van der Waals surface area contributed by atoms with Gasteiger partial charge in [-0.1, -0.05) is 29.8 Å². The molecular formula is C14H21BrN2O3. The molecular weight excluding hydrogens is 324 g/mol. The van der Waals surface area contributed by atoms with Crippen LogP contribution in [0.4, 0.5) is 5.69 Å². The Balaban J connectivity index is 2.70. The molecule has 0 saturated heterocycles. The zero-order chi connectivity index (χ0) is 15.1. The van der Waals surface area contributed by atoms with Gasteiger partial charge in [0.15, 0.2) is 5.75 Å². The molecule has 0 spiro atoms. The maximum absolute atomic E-state index is 11.1. The number of hydrogen-bond donors (Lipinski definition) is 1. The van der Waals surface area contributed by atoms with Crippen LogP contribution in [0.2, 0.25) is 0 Å². The van der Waals surface area contributed by atoms with Gasteiger partial charge in [-0.2, -0.15) is 0 Å². The minimum atomic E-state index is -0.410. The van der Waals surface area contributed by atoms with Crippen molar-refractivity contribution in [1.29, 1.82) is 0 Å². The Labute approximate surface area is 128 Å². The molecule has 20 heavy (non-hydrogen) atoms. The van der Waals surface area contributed by atoms with E-state index in [1.807, 2.05) is 13.0 Å². The van der Waals surface area contributed by atoms with Crippen molar-refractivity contribution >= 4 is 21.6 Å². The number of aryl methyl sites for hydroxylation is 1. The number of nitrogens with zero attached hydrogens (tertiary/aromatic N) is 1. The average molecular weight is 345 g/mol. The Bertz CT molecular complexity index is 466. The molecule has 1 aromatic carbocycles. The SMILES string of the molecule is CCCNCC(C)COc1c(C)cc(Br)cc1[N+](=O)[O-]. The molecule has 0 saturated carbocycles. The van der Waals surface area contributed by atoms with E-state index >= 15 is 0 Å². The molecule has 0 amide bonds. The highest BCUT2D eigenvalue weighted by molar-refractivity contribution is 9.10. The number of nitro groups is 1. The van der Waals surface area contributed by atoms with Gasteiger partial charge in [-0.15, -0.1) is 0 Å². The lowest BCUT2D eigenvalue weighted by Crippen LogP contribution is -2.25. The minimum absolute atomic E-state index is 0.00518. The maximum atomic E-state index is 11.1. The van der Waals surface area contributed by atoms with Crippen molar-refractivity contribution in [3.8, 4) is 5.75 Å². The summed E-state index contributed by atoms with van der Waals surface area (Å²) in [7, 11) is 0. The second-order valence-electron chi connectivity index (χ2n) is 4.95. The van der Waals surface area contributed by atoms with E-state index in [1.54, 1.807) is 0 Å². The van der Waals surface area contributed by atoms with Crippen molar-refractivity contribution < 1.29 is 9.66 Å². The predicted molar refractivity (Wildman–Crippen MR) is 83.4 cm³/mol. The third kappa shape index (κ3) is 5.09. The van der Waals surface area contributed by atoms with E-state index in [1.165, 1.54) is 6.07 Å². The number of benzene rings is 1. The second kappa shape index (κ2) is 8.21. The molecule has 0 aromatic heterocycles. The van der Waals surface area contributed by atoms with Crippen LogP contribution in [-0.4, -0.2) is 24.6 Å². The molecule has 0 radical (unpaired) electrons.